The lowest BCUT2D eigenvalue weighted by atomic mass is 10.2. The Bertz CT molecular complexity index is 999. The Morgan fingerprint density at radius 3 is 2.59 bits per heavy atom. The number of carboxylic acids is 1. The minimum atomic E-state index is -1.32. The molecule has 3 rings (SSSR count). The van der Waals surface area contributed by atoms with E-state index in [4.69, 9.17) is 9.47 Å². The van der Waals surface area contributed by atoms with Crippen LogP contribution in [0.4, 0.5) is 5.69 Å². The van der Waals surface area contributed by atoms with Gasteiger partial charge in [0.1, 0.15) is 6.10 Å². The molecule has 1 heterocycles. The predicted molar refractivity (Wildman–Crippen MR) is 110 cm³/mol. The molecule has 29 heavy (non-hydrogen) atoms. The van der Waals surface area contributed by atoms with E-state index in [9.17, 15) is 14.7 Å². The number of nitrogens with zero attached hydrogens (tertiary/aromatic N) is 1. The quantitative estimate of drug-likeness (QED) is 0.733. The van der Waals surface area contributed by atoms with E-state index in [2.05, 4.69) is 10.3 Å². The van der Waals surface area contributed by atoms with E-state index in [1.54, 1.807) is 24.3 Å². The maximum Gasteiger partial charge on any atom is 0.264 e. The van der Waals surface area contributed by atoms with E-state index < -0.39 is 12.1 Å². The molecule has 1 N–H and O–H groups in total. The lowest BCUT2D eigenvalue weighted by molar-refractivity contribution is -0.312. The van der Waals surface area contributed by atoms with E-state index in [1.807, 2.05) is 31.2 Å². The van der Waals surface area contributed by atoms with E-state index >= 15 is 0 Å². The second-order valence-corrected chi connectivity index (χ2v) is 7.34. The number of methoxy groups -OCH3 is 1. The van der Waals surface area contributed by atoms with Crippen molar-refractivity contribution in [1.82, 2.24) is 5.32 Å². The summed E-state index contributed by atoms with van der Waals surface area (Å²) in [5, 5.41) is 14.1. The van der Waals surface area contributed by atoms with Crippen LogP contribution in [0.15, 0.2) is 52.4 Å². The van der Waals surface area contributed by atoms with E-state index in [0.29, 0.717) is 21.4 Å². The SMILES string of the molecule is COc1cc(/C=C2/SC(=Nc3ccc(C)cc3)NC2=O)ccc1O[C@H](C)C(=O)[O-]. The number of nitrogens with one attached hydrogen (secondary N) is 1. The number of hydrogen-bond acceptors (Lipinski definition) is 7. The summed E-state index contributed by atoms with van der Waals surface area (Å²) in [5.41, 5.74) is 2.59. The highest BCUT2D eigenvalue weighted by atomic mass is 32.2. The first kappa shape index (κ1) is 20.5. The molecule has 1 aliphatic rings. The number of rotatable bonds is 6. The monoisotopic (exact) mass is 411 g/mol. The van der Waals surface area contributed by atoms with Crippen molar-refractivity contribution in [3.8, 4) is 11.5 Å². The molecule has 0 saturated carbocycles. The van der Waals surface area contributed by atoms with Crippen LogP contribution in [0, 0.1) is 6.92 Å². The van der Waals surface area contributed by atoms with Gasteiger partial charge in [-0.1, -0.05) is 23.8 Å². The molecule has 1 atom stereocenters. The number of carbonyl (C=O) groups excluding carboxylic acids is 2. The van der Waals surface area contributed by atoms with Gasteiger partial charge in [-0.2, -0.15) is 0 Å². The highest BCUT2D eigenvalue weighted by Gasteiger charge is 2.24. The molecule has 2 aromatic rings. The number of hydrogen-bond donors (Lipinski definition) is 1. The number of aryl methyl sites for hydroxylation is 1. The summed E-state index contributed by atoms with van der Waals surface area (Å²) >= 11 is 1.24. The zero-order chi connectivity index (χ0) is 21.0. The van der Waals surface area contributed by atoms with Gasteiger partial charge < -0.3 is 24.7 Å². The highest BCUT2D eigenvalue weighted by molar-refractivity contribution is 8.18. The summed E-state index contributed by atoms with van der Waals surface area (Å²) < 4.78 is 10.6. The van der Waals surface area contributed by atoms with Crippen LogP contribution in [0.1, 0.15) is 18.1 Å². The molecule has 7 nitrogen and oxygen atoms in total. The van der Waals surface area contributed by atoms with Gasteiger partial charge in [0.2, 0.25) is 0 Å². The number of aliphatic imine (C=N–C) groups is 1. The molecule has 0 aliphatic carbocycles. The summed E-state index contributed by atoms with van der Waals surface area (Å²) in [6.45, 7) is 3.37. The Balaban J connectivity index is 1.79. The van der Waals surface area contributed by atoms with Gasteiger partial charge in [0.25, 0.3) is 5.91 Å². The van der Waals surface area contributed by atoms with E-state index in [-0.39, 0.29) is 11.7 Å². The van der Waals surface area contributed by atoms with Crippen LogP contribution in [-0.2, 0) is 9.59 Å². The molecule has 1 amide bonds. The van der Waals surface area contributed by atoms with Crippen LogP contribution in [0.5, 0.6) is 11.5 Å². The number of amides is 1. The number of amidine groups is 1. The second-order valence-electron chi connectivity index (χ2n) is 6.31. The molecule has 1 aliphatic heterocycles. The number of carboxylic acid groups (broad SMARTS) is 1. The number of aliphatic carboxylic acids is 1. The molecule has 0 unspecified atom stereocenters. The van der Waals surface area contributed by atoms with Crippen LogP contribution in [0.3, 0.4) is 0 Å². The maximum absolute atomic E-state index is 12.3. The molecule has 1 fully saturated rings. The average Bonchev–Trinajstić information content (AvgIpc) is 3.03. The fourth-order valence-corrected chi connectivity index (χ4v) is 3.32. The summed E-state index contributed by atoms with van der Waals surface area (Å²) in [4.78, 5) is 28.1. The zero-order valence-electron chi connectivity index (χ0n) is 16.1. The van der Waals surface area contributed by atoms with Gasteiger partial charge in [0, 0.05) is 0 Å². The van der Waals surface area contributed by atoms with Crippen molar-refractivity contribution in [3.63, 3.8) is 0 Å². The Hall–Kier alpha value is -3.26. The van der Waals surface area contributed by atoms with E-state index in [1.165, 1.54) is 25.8 Å². The van der Waals surface area contributed by atoms with E-state index in [0.717, 1.165) is 11.3 Å². The summed E-state index contributed by atoms with van der Waals surface area (Å²) in [7, 11) is 1.45. The van der Waals surface area contributed by atoms with Crippen molar-refractivity contribution in [2.45, 2.75) is 20.0 Å². The smallest absolute Gasteiger partial charge is 0.264 e. The van der Waals surface area contributed by atoms with Crippen molar-refractivity contribution in [2.75, 3.05) is 7.11 Å². The van der Waals surface area contributed by atoms with Crippen LogP contribution < -0.4 is 19.9 Å². The zero-order valence-corrected chi connectivity index (χ0v) is 16.9. The second kappa shape index (κ2) is 8.83. The minimum absolute atomic E-state index is 0.245. The lowest BCUT2D eigenvalue weighted by Gasteiger charge is -2.17. The largest absolute Gasteiger partial charge is 0.546 e. The van der Waals surface area contributed by atoms with Crippen LogP contribution in [-0.4, -0.2) is 30.3 Å². The van der Waals surface area contributed by atoms with Gasteiger partial charge in [-0.15, -0.1) is 0 Å². The van der Waals surface area contributed by atoms with Gasteiger partial charge in [-0.05, 0) is 61.5 Å². The Morgan fingerprint density at radius 2 is 1.93 bits per heavy atom. The van der Waals surface area contributed by atoms with Crippen molar-refractivity contribution in [2.24, 2.45) is 4.99 Å². The first-order valence-corrected chi connectivity index (χ1v) is 9.59. The first-order chi connectivity index (χ1) is 13.9. The van der Waals surface area contributed by atoms with Gasteiger partial charge in [0.15, 0.2) is 16.7 Å². The third-order valence-corrected chi connectivity index (χ3v) is 4.95. The summed E-state index contributed by atoms with van der Waals surface area (Å²) in [6.07, 6.45) is 0.580. The first-order valence-electron chi connectivity index (χ1n) is 8.77. The Kier molecular flexibility index (Phi) is 6.23. The van der Waals surface area contributed by atoms with Crippen LogP contribution >= 0.6 is 11.8 Å². The third kappa shape index (κ3) is 5.17. The van der Waals surface area contributed by atoms with Gasteiger partial charge >= 0.3 is 0 Å². The molecule has 0 bridgehead atoms. The average molecular weight is 411 g/mol. The van der Waals surface area contributed by atoms with Gasteiger partial charge in [-0.25, -0.2) is 4.99 Å². The lowest BCUT2D eigenvalue weighted by Crippen LogP contribution is -2.37. The summed E-state index contributed by atoms with van der Waals surface area (Å²) in [6, 6.07) is 12.6. The van der Waals surface area contributed by atoms with Crippen molar-refractivity contribution in [3.05, 3.63) is 58.5 Å². The fourth-order valence-electron chi connectivity index (χ4n) is 2.48. The standard InChI is InChI=1S/C21H20N2O5S/c1-12-4-7-15(8-5-12)22-21-23-19(24)18(29-21)11-14-6-9-16(17(10-14)27-3)28-13(2)20(25)26/h4-11,13H,1-3H3,(H,25,26)(H,22,23,24)/p-1/b18-11+/t13-/m1/s1. The maximum atomic E-state index is 12.3. The molecule has 0 radical (unpaired) electrons. The van der Waals surface area contributed by atoms with Crippen molar-refractivity contribution < 1.29 is 24.2 Å². The number of benzene rings is 2. The molecule has 2 aromatic carbocycles. The minimum Gasteiger partial charge on any atom is -0.546 e. The number of ether oxygens (including phenoxy) is 2. The molecular weight excluding hydrogens is 392 g/mol. The Morgan fingerprint density at radius 1 is 1.21 bits per heavy atom. The topological polar surface area (TPSA) is 100 Å². The summed E-state index contributed by atoms with van der Waals surface area (Å²) in [5.74, 6) is -0.940. The normalized spacial score (nSPS) is 17.3. The molecule has 0 spiro atoms. The number of carbonyl (C=O) groups is 2. The molecule has 8 heteroatoms. The van der Waals surface area contributed by atoms with Gasteiger partial charge in [-0.3, -0.25) is 4.79 Å². The van der Waals surface area contributed by atoms with Crippen LogP contribution in [0.25, 0.3) is 6.08 Å². The highest BCUT2D eigenvalue weighted by Crippen LogP contribution is 2.32. The van der Waals surface area contributed by atoms with Gasteiger partial charge in [0.05, 0.1) is 23.7 Å². The number of thioether (sulfide) groups is 1. The predicted octanol–water partition coefficient (Wildman–Crippen LogP) is 2.41. The molecule has 150 valence electrons. The van der Waals surface area contributed by atoms with Crippen molar-refractivity contribution in [1.29, 1.82) is 0 Å². The molecular formula is C21H19N2O5S-. The third-order valence-electron chi connectivity index (χ3n) is 4.04. The van der Waals surface area contributed by atoms with Crippen molar-refractivity contribution >= 4 is 40.6 Å². The fraction of sp³-hybridized carbons (Fsp3) is 0.190. The molecule has 0 aromatic heterocycles. The molecule has 1 saturated heterocycles. The Labute approximate surface area is 172 Å². The van der Waals surface area contributed by atoms with Crippen LogP contribution in [0.2, 0.25) is 0 Å².